The molecule has 0 aromatic heterocycles. The second-order valence-electron chi connectivity index (χ2n) is 8.43. The number of nitrogens with one attached hydrogen (secondary N) is 2. The lowest BCUT2D eigenvalue weighted by Crippen LogP contribution is -2.47. The van der Waals surface area contributed by atoms with Crippen molar-refractivity contribution in [3.8, 4) is 11.1 Å². The molecular formula is C26H32N2O4. The summed E-state index contributed by atoms with van der Waals surface area (Å²) in [6.45, 7) is 8.46. The first-order valence-electron chi connectivity index (χ1n) is 11.0. The van der Waals surface area contributed by atoms with Crippen LogP contribution in [-0.4, -0.2) is 44.4 Å². The van der Waals surface area contributed by atoms with Gasteiger partial charge in [-0.2, -0.15) is 0 Å². The number of hydrogen-bond acceptors (Lipinski definition) is 5. The number of rotatable bonds is 10. The van der Waals surface area contributed by atoms with E-state index in [9.17, 15) is 9.59 Å². The third-order valence-electron chi connectivity index (χ3n) is 5.71. The van der Waals surface area contributed by atoms with Gasteiger partial charge in [-0.1, -0.05) is 68.5 Å². The minimum atomic E-state index is -0.517. The molecule has 0 saturated heterocycles. The van der Waals surface area contributed by atoms with Gasteiger partial charge in [-0.25, -0.2) is 4.79 Å². The Kier molecular flexibility index (Phi) is 8.06. The van der Waals surface area contributed by atoms with Crippen LogP contribution in [0.15, 0.2) is 61.2 Å². The molecule has 2 unspecified atom stereocenters. The molecule has 2 atom stereocenters. The average Bonchev–Trinajstić information content (AvgIpc) is 3.12. The van der Waals surface area contributed by atoms with Crippen LogP contribution in [0.5, 0.6) is 0 Å². The summed E-state index contributed by atoms with van der Waals surface area (Å²) >= 11 is 0. The van der Waals surface area contributed by atoms with Gasteiger partial charge in [-0.3, -0.25) is 4.79 Å². The van der Waals surface area contributed by atoms with Gasteiger partial charge in [0.05, 0.1) is 13.2 Å². The number of ether oxygens (including phenoxy) is 2. The Balaban J connectivity index is 1.57. The van der Waals surface area contributed by atoms with Crippen LogP contribution < -0.4 is 10.6 Å². The molecule has 2 aromatic rings. The van der Waals surface area contributed by atoms with Gasteiger partial charge in [0.15, 0.2) is 0 Å². The summed E-state index contributed by atoms with van der Waals surface area (Å²) in [7, 11) is 1.37. The van der Waals surface area contributed by atoms with Crippen molar-refractivity contribution in [1.29, 1.82) is 0 Å². The van der Waals surface area contributed by atoms with Crippen LogP contribution in [0.3, 0.4) is 0 Å². The van der Waals surface area contributed by atoms with Gasteiger partial charge >= 0.3 is 12.1 Å². The number of benzene rings is 2. The number of carbonyl (C=O) groups is 2. The first-order chi connectivity index (χ1) is 15.4. The third-order valence-corrected chi connectivity index (χ3v) is 5.71. The van der Waals surface area contributed by atoms with Gasteiger partial charge in [-0.15, -0.1) is 6.58 Å². The van der Waals surface area contributed by atoms with E-state index < -0.39 is 12.1 Å². The zero-order valence-corrected chi connectivity index (χ0v) is 19.0. The summed E-state index contributed by atoms with van der Waals surface area (Å²) in [5.74, 6) is 0.00901. The van der Waals surface area contributed by atoms with Gasteiger partial charge in [0.2, 0.25) is 0 Å². The lowest BCUT2D eigenvalue weighted by Gasteiger charge is -2.22. The van der Waals surface area contributed by atoms with Crippen molar-refractivity contribution in [3.05, 3.63) is 72.3 Å². The molecule has 0 heterocycles. The Morgan fingerprint density at radius 3 is 2.19 bits per heavy atom. The fraction of sp³-hybridized carbons (Fsp3) is 0.385. The predicted octanol–water partition coefficient (Wildman–Crippen LogP) is 4.26. The molecule has 2 N–H and O–H groups in total. The molecule has 1 aliphatic carbocycles. The predicted molar refractivity (Wildman–Crippen MR) is 125 cm³/mol. The molecular weight excluding hydrogens is 404 g/mol. The highest BCUT2D eigenvalue weighted by atomic mass is 16.5. The van der Waals surface area contributed by atoms with Crippen LogP contribution in [0.2, 0.25) is 0 Å². The summed E-state index contributed by atoms with van der Waals surface area (Å²) in [6.07, 6.45) is 1.75. The van der Waals surface area contributed by atoms with Crippen LogP contribution in [0, 0.1) is 5.92 Å². The second-order valence-corrected chi connectivity index (χ2v) is 8.43. The highest BCUT2D eigenvalue weighted by Gasteiger charge is 2.29. The van der Waals surface area contributed by atoms with E-state index in [0.29, 0.717) is 18.9 Å². The highest BCUT2D eigenvalue weighted by molar-refractivity contribution is 5.79. The van der Waals surface area contributed by atoms with Crippen molar-refractivity contribution in [2.45, 2.75) is 38.3 Å². The van der Waals surface area contributed by atoms with Crippen molar-refractivity contribution >= 4 is 12.1 Å². The molecule has 1 amide bonds. The molecule has 0 spiro atoms. The highest BCUT2D eigenvalue weighted by Crippen LogP contribution is 2.44. The molecule has 0 aliphatic heterocycles. The second kappa shape index (κ2) is 11.0. The van der Waals surface area contributed by atoms with E-state index in [2.05, 4.69) is 41.5 Å². The van der Waals surface area contributed by atoms with Gasteiger partial charge < -0.3 is 20.1 Å². The zero-order valence-electron chi connectivity index (χ0n) is 19.0. The van der Waals surface area contributed by atoms with Crippen LogP contribution in [0.4, 0.5) is 4.79 Å². The summed E-state index contributed by atoms with van der Waals surface area (Å²) in [4.78, 5) is 24.5. The Bertz CT molecular complexity index is 911. The Labute approximate surface area is 190 Å². The number of amides is 1. The van der Waals surface area contributed by atoms with E-state index in [0.717, 1.165) is 11.1 Å². The van der Waals surface area contributed by atoms with Crippen molar-refractivity contribution in [2.24, 2.45) is 5.92 Å². The maximum absolute atomic E-state index is 12.5. The van der Waals surface area contributed by atoms with Crippen molar-refractivity contribution in [1.82, 2.24) is 10.6 Å². The number of methoxy groups -OCH3 is 1. The fourth-order valence-electron chi connectivity index (χ4n) is 4.13. The van der Waals surface area contributed by atoms with Crippen LogP contribution >= 0.6 is 0 Å². The number of carbonyl (C=O) groups excluding carboxylic acids is 2. The molecule has 3 rings (SSSR count). The lowest BCUT2D eigenvalue weighted by atomic mass is 9.98. The minimum absolute atomic E-state index is 0.00297. The standard InChI is InChI=1S/C26H32N2O4/c1-5-18(15-27-24(14-17(2)3)25(29)31-4)28-26(30)32-16-23-21-12-8-6-10-19(21)20-11-7-9-13-22(20)23/h5-13,17-18,23-24,27H,1,14-16H2,2-4H3,(H,28,30). The molecule has 0 radical (unpaired) electrons. The molecule has 6 nitrogen and oxygen atoms in total. The fourth-order valence-corrected chi connectivity index (χ4v) is 4.13. The molecule has 0 bridgehead atoms. The molecule has 32 heavy (non-hydrogen) atoms. The number of esters is 1. The summed E-state index contributed by atoms with van der Waals surface area (Å²) in [5.41, 5.74) is 4.70. The molecule has 1 aliphatic rings. The Morgan fingerprint density at radius 2 is 1.66 bits per heavy atom. The van der Waals surface area contributed by atoms with E-state index in [1.165, 1.54) is 18.2 Å². The molecule has 6 heteroatoms. The summed E-state index contributed by atoms with van der Waals surface area (Å²) in [6, 6.07) is 15.6. The SMILES string of the molecule is C=CC(CNC(CC(C)C)C(=O)OC)NC(=O)OCC1c2ccccc2-c2ccccc21. The van der Waals surface area contributed by atoms with Gasteiger partial charge in [-0.05, 0) is 34.6 Å². The van der Waals surface area contributed by atoms with E-state index in [1.54, 1.807) is 6.08 Å². The summed E-state index contributed by atoms with van der Waals surface area (Å²) in [5, 5.41) is 5.98. The van der Waals surface area contributed by atoms with E-state index in [-0.39, 0.29) is 24.5 Å². The zero-order chi connectivity index (χ0) is 23.1. The Hall–Kier alpha value is -3.12. The molecule has 0 fully saturated rings. The first-order valence-corrected chi connectivity index (χ1v) is 11.0. The van der Waals surface area contributed by atoms with Crippen molar-refractivity contribution in [3.63, 3.8) is 0 Å². The largest absolute Gasteiger partial charge is 0.468 e. The van der Waals surface area contributed by atoms with Gasteiger partial charge in [0.25, 0.3) is 0 Å². The quantitative estimate of drug-likeness (QED) is 0.430. The lowest BCUT2D eigenvalue weighted by molar-refractivity contribution is -0.143. The average molecular weight is 437 g/mol. The number of hydrogen-bond donors (Lipinski definition) is 2. The van der Waals surface area contributed by atoms with Crippen LogP contribution in [0.1, 0.15) is 37.3 Å². The third kappa shape index (κ3) is 5.56. The van der Waals surface area contributed by atoms with Crippen LogP contribution in [-0.2, 0) is 14.3 Å². The molecule has 2 aromatic carbocycles. The van der Waals surface area contributed by atoms with E-state index in [4.69, 9.17) is 9.47 Å². The van der Waals surface area contributed by atoms with Crippen molar-refractivity contribution < 1.29 is 19.1 Å². The minimum Gasteiger partial charge on any atom is -0.468 e. The topological polar surface area (TPSA) is 76.7 Å². The first kappa shape index (κ1) is 23.5. The maximum Gasteiger partial charge on any atom is 0.407 e. The molecule has 0 saturated carbocycles. The number of alkyl carbamates (subject to hydrolysis) is 1. The normalized spacial score (nSPS) is 14.2. The van der Waals surface area contributed by atoms with Crippen LogP contribution in [0.25, 0.3) is 11.1 Å². The smallest absolute Gasteiger partial charge is 0.407 e. The van der Waals surface area contributed by atoms with E-state index in [1.807, 2.05) is 38.1 Å². The van der Waals surface area contributed by atoms with Crippen molar-refractivity contribution in [2.75, 3.05) is 20.3 Å². The molecule has 170 valence electrons. The monoisotopic (exact) mass is 436 g/mol. The van der Waals surface area contributed by atoms with Gasteiger partial charge in [0, 0.05) is 12.5 Å². The van der Waals surface area contributed by atoms with Gasteiger partial charge in [0.1, 0.15) is 12.6 Å². The summed E-state index contributed by atoms with van der Waals surface area (Å²) < 4.78 is 10.5. The van der Waals surface area contributed by atoms with E-state index >= 15 is 0 Å². The maximum atomic E-state index is 12.5. The number of fused-ring (bicyclic) bond motifs is 3. The Morgan fingerprint density at radius 1 is 1.06 bits per heavy atom.